The van der Waals surface area contributed by atoms with Crippen molar-refractivity contribution in [2.45, 2.75) is 71.6 Å². The Bertz CT molecular complexity index is 1900. The number of amides is 2. The summed E-state index contributed by atoms with van der Waals surface area (Å²) in [7, 11) is 0. The number of halogens is 2. The van der Waals surface area contributed by atoms with Crippen LogP contribution in [-0.2, 0) is 10.3 Å². The Hall–Kier alpha value is -4.81. The monoisotopic (exact) mass is 633 g/mol. The average Bonchev–Trinajstić information content (AvgIpc) is 3.45. The Kier molecular flexibility index (Phi) is 7.40. The molecule has 1 aliphatic heterocycles. The van der Waals surface area contributed by atoms with E-state index < -0.39 is 40.5 Å². The van der Waals surface area contributed by atoms with E-state index in [1.165, 1.54) is 12.1 Å². The lowest BCUT2D eigenvalue weighted by molar-refractivity contribution is 0.0493. The Morgan fingerprint density at radius 3 is 2.30 bits per heavy atom. The number of fused-ring (bicyclic) bond motifs is 1. The maximum atomic E-state index is 14.5. The van der Waals surface area contributed by atoms with Crippen molar-refractivity contribution in [3.05, 3.63) is 76.3 Å². The molecule has 0 radical (unpaired) electrons. The highest BCUT2D eigenvalue weighted by Crippen LogP contribution is 2.55. The summed E-state index contributed by atoms with van der Waals surface area (Å²) in [6.07, 6.45) is 3.14. The fourth-order valence-corrected chi connectivity index (χ4v) is 6.09. The number of carbonyl (C=O) groups excluding carboxylic acids is 2. The molecule has 0 unspecified atom stereocenters. The van der Waals surface area contributed by atoms with Crippen molar-refractivity contribution in [3.63, 3.8) is 0 Å². The maximum Gasteiger partial charge on any atom is 0.407 e. The van der Waals surface area contributed by atoms with Crippen molar-refractivity contribution < 1.29 is 23.1 Å². The molecule has 2 aliphatic rings. The number of alkyl carbamates (subject to hydrolysis) is 1. The molecule has 0 bridgehead atoms. The molecule has 13 heteroatoms. The lowest BCUT2D eigenvalue weighted by atomic mass is 10.0. The van der Waals surface area contributed by atoms with Crippen LogP contribution in [0.25, 0.3) is 16.6 Å². The first-order valence-electron chi connectivity index (χ1n) is 15.2. The van der Waals surface area contributed by atoms with Crippen LogP contribution in [0.2, 0.25) is 0 Å². The van der Waals surface area contributed by atoms with Crippen LogP contribution in [0, 0.1) is 17.0 Å². The van der Waals surface area contributed by atoms with E-state index in [2.05, 4.69) is 25.7 Å². The Labute approximate surface area is 264 Å². The van der Waals surface area contributed by atoms with Crippen molar-refractivity contribution in [2.75, 3.05) is 23.3 Å². The van der Waals surface area contributed by atoms with Gasteiger partial charge in [-0.1, -0.05) is 6.07 Å². The third-order valence-electron chi connectivity index (χ3n) is 8.34. The van der Waals surface area contributed by atoms with Crippen LogP contribution in [0.4, 0.5) is 25.0 Å². The van der Waals surface area contributed by atoms with Gasteiger partial charge in [0, 0.05) is 30.0 Å². The van der Waals surface area contributed by atoms with Crippen molar-refractivity contribution in [3.8, 4) is 5.69 Å². The largest absolute Gasteiger partial charge is 0.444 e. The van der Waals surface area contributed by atoms with Crippen molar-refractivity contribution in [2.24, 2.45) is 5.41 Å². The first-order valence-corrected chi connectivity index (χ1v) is 15.2. The van der Waals surface area contributed by atoms with Gasteiger partial charge in [-0.15, -0.1) is 0 Å². The van der Waals surface area contributed by atoms with Gasteiger partial charge in [0.1, 0.15) is 17.0 Å². The molecule has 2 N–H and O–H groups in total. The van der Waals surface area contributed by atoms with E-state index in [-0.39, 0.29) is 22.7 Å². The molecule has 3 heterocycles. The molecule has 242 valence electrons. The normalized spacial score (nSPS) is 17.4. The second kappa shape index (κ2) is 10.9. The first-order chi connectivity index (χ1) is 21.6. The highest BCUT2D eigenvalue weighted by molar-refractivity contribution is 6.09. The number of rotatable bonds is 5. The van der Waals surface area contributed by atoms with E-state index in [1.54, 1.807) is 12.3 Å². The molecule has 2 aromatic heterocycles. The summed E-state index contributed by atoms with van der Waals surface area (Å²) in [6.45, 7) is 12.7. The molecule has 1 atom stereocenters. The Balaban J connectivity index is 1.37. The van der Waals surface area contributed by atoms with Gasteiger partial charge in [0.05, 0.1) is 34.7 Å². The van der Waals surface area contributed by atoms with Crippen molar-refractivity contribution in [1.82, 2.24) is 24.9 Å². The van der Waals surface area contributed by atoms with E-state index >= 15 is 0 Å². The number of anilines is 2. The van der Waals surface area contributed by atoms with Gasteiger partial charge in [-0.05, 0) is 84.7 Å². The zero-order valence-corrected chi connectivity index (χ0v) is 26.6. The highest BCUT2D eigenvalue weighted by atomic mass is 19.1. The molecule has 2 aromatic carbocycles. The molecular formula is C33H37F2N7O4. The van der Waals surface area contributed by atoms with Gasteiger partial charge in [-0.2, -0.15) is 14.9 Å². The number of nitrogens with zero attached hydrogens (tertiary/aromatic N) is 5. The van der Waals surface area contributed by atoms with Crippen LogP contribution in [-0.4, -0.2) is 56.3 Å². The summed E-state index contributed by atoms with van der Waals surface area (Å²) in [5.41, 5.74) is -0.765. The zero-order chi connectivity index (χ0) is 33.2. The van der Waals surface area contributed by atoms with Crippen LogP contribution >= 0.6 is 0 Å². The SMILES string of the molecule is CC(C)(C)OC(=O)N[C@H]1CN(c2c(NC(=O)c3ccc(=O)n(-c4c(F)cccc4F)n3)ccc3c2cnn3C(C)(C)C)CC12CC2. The number of hydrogen-bond acceptors (Lipinski definition) is 7. The topological polar surface area (TPSA) is 123 Å². The number of aromatic nitrogens is 4. The predicted octanol–water partition coefficient (Wildman–Crippen LogP) is 5.36. The molecule has 2 amide bonds. The van der Waals surface area contributed by atoms with Gasteiger partial charge < -0.3 is 20.3 Å². The predicted molar refractivity (Wildman–Crippen MR) is 169 cm³/mol. The van der Waals surface area contributed by atoms with Crippen LogP contribution in [0.3, 0.4) is 0 Å². The number of carbonyl (C=O) groups is 2. The molecule has 1 aliphatic carbocycles. The minimum atomic E-state index is -0.992. The van der Waals surface area contributed by atoms with E-state index in [0.29, 0.717) is 23.5 Å². The minimum absolute atomic E-state index is 0.138. The van der Waals surface area contributed by atoms with E-state index in [0.717, 1.165) is 47.6 Å². The van der Waals surface area contributed by atoms with Gasteiger partial charge in [0.2, 0.25) is 0 Å². The van der Waals surface area contributed by atoms with Crippen LogP contribution in [0.5, 0.6) is 0 Å². The molecule has 11 nitrogen and oxygen atoms in total. The number of ether oxygens (including phenoxy) is 1. The summed E-state index contributed by atoms with van der Waals surface area (Å²) in [5.74, 6) is -2.67. The summed E-state index contributed by atoms with van der Waals surface area (Å²) in [4.78, 5) is 41.1. The molecule has 1 saturated carbocycles. The summed E-state index contributed by atoms with van der Waals surface area (Å²) < 4.78 is 37.1. The second-order valence-electron chi connectivity index (χ2n) is 14.1. The fraction of sp³-hybridized carbons (Fsp3) is 0.424. The van der Waals surface area contributed by atoms with Gasteiger partial charge >= 0.3 is 6.09 Å². The minimum Gasteiger partial charge on any atom is -0.444 e. The first kappa shape index (κ1) is 31.2. The molecule has 1 saturated heterocycles. The smallest absolute Gasteiger partial charge is 0.407 e. The van der Waals surface area contributed by atoms with Crippen LogP contribution in [0.15, 0.2) is 53.5 Å². The number of nitrogens with one attached hydrogen (secondary N) is 2. The Morgan fingerprint density at radius 1 is 0.978 bits per heavy atom. The summed E-state index contributed by atoms with van der Waals surface area (Å²) in [6, 6.07) is 8.90. The van der Waals surface area contributed by atoms with E-state index in [9.17, 15) is 23.2 Å². The van der Waals surface area contributed by atoms with Crippen molar-refractivity contribution in [1.29, 1.82) is 0 Å². The molecule has 1 spiro atoms. The maximum absolute atomic E-state index is 14.5. The molecule has 4 aromatic rings. The quantitative estimate of drug-likeness (QED) is 0.303. The van der Waals surface area contributed by atoms with Crippen LogP contribution in [0.1, 0.15) is 64.9 Å². The molecular weight excluding hydrogens is 596 g/mol. The van der Waals surface area contributed by atoms with Gasteiger partial charge in [0.15, 0.2) is 11.6 Å². The second-order valence-corrected chi connectivity index (χ2v) is 14.1. The fourth-order valence-electron chi connectivity index (χ4n) is 6.09. The molecule has 6 rings (SSSR count). The summed E-state index contributed by atoms with van der Waals surface area (Å²) in [5, 5.41) is 15.5. The molecule has 2 fully saturated rings. The Morgan fingerprint density at radius 2 is 1.67 bits per heavy atom. The average molecular weight is 634 g/mol. The lowest BCUT2D eigenvalue weighted by Crippen LogP contribution is -2.44. The zero-order valence-electron chi connectivity index (χ0n) is 26.6. The van der Waals surface area contributed by atoms with E-state index in [1.807, 2.05) is 52.3 Å². The third kappa shape index (κ3) is 5.81. The standard InChI is InChI=1S/C33H37F2N7O4/c1-31(2,3)42-24-12-10-22(37-29(44)23-11-13-26(43)41(39-23)28-20(34)8-7-9-21(28)35)27(19(24)16-36-42)40-17-25(33(18-40)14-15-33)38-30(45)46-32(4,5)6/h7-13,16,25H,14-15,17-18H2,1-6H3,(H,37,44)(H,38,45)/t25-/m0/s1. The molecule has 46 heavy (non-hydrogen) atoms. The van der Waals surface area contributed by atoms with Gasteiger partial charge in [0.25, 0.3) is 11.5 Å². The number of hydrogen-bond donors (Lipinski definition) is 2. The van der Waals surface area contributed by atoms with E-state index in [4.69, 9.17) is 4.74 Å². The van der Waals surface area contributed by atoms with Crippen LogP contribution < -0.4 is 21.1 Å². The third-order valence-corrected chi connectivity index (χ3v) is 8.34. The summed E-state index contributed by atoms with van der Waals surface area (Å²) >= 11 is 0. The highest BCUT2D eigenvalue weighted by Gasteiger charge is 2.56. The number of benzene rings is 2. The number of para-hydroxylation sites is 1. The van der Waals surface area contributed by atoms with Gasteiger partial charge in [-0.3, -0.25) is 14.3 Å². The van der Waals surface area contributed by atoms with Crippen molar-refractivity contribution >= 4 is 34.3 Å². The lowest BCUT2D eigenvalue weighted by Gasteiger charge is -2.25. The van der Waals surface area contributed by atoms with Gasteiger partial charge in [-0.25, -0.2) is 13.6 Å².